The highest BCUT2D eigenvalue weighted by Crippen LogP contribution is 2.51. The third-order valence-corrected chi connectivity index (χ3v) is 11.1. The van der Waals surface area contributed by atoms with Crippen molar-refractivity contribution in [1.29, 1.82) is 0 Å². The van der Waals surface area contributed by atoms with Gasteiger partial charge in [-0.25, -0.2) is 17.6 Å². The molecule has 2 heterocycles. The minimum atomic E-state index is -0.700. The number of fused-ring (bicyclic) bond motifs is 4. The van der Waals surface area contributed by atoms with E-state index in [1.807, 2.05) is 56.6 Å². The van der Waals surface area contributed by atoms with Crippen LogP contribution in [-0.4, -0.2) is 24.4 Å². The SMILES string of the molecule is CN1/C(=C/C=C/C2=[N+](C)c3cc4ccccc4cc3C2(C)Cc2cc(F)ccc2F)C(C)(Cc2cc(F)ccc2F)c2cc3ccccc3cc21. The number of allylic oxidation sites excluding steroid dienone is 4. The van der Waals surface area contributed by atoms with E-state index in [2.05, 4.69) is 71.9 Å². The van der Waals surface area contributed by atoms with Crippen LogP contribution in [-0.2, 0) is 23.7 Å². The van der Waals surface area contributed by atoms with Crippen LogP contribution in [0.15, 0.2) is 133 Å². The van der Waals surface area contributed by atoms with Gasteiger partial charge in [0.2, 0.25) is 5.69 Å². The average Bonchev–Trinajstić information content (AvgIpc) is 3.44. The zero-order valence-corrected chi connectivity index (χ0v) is 28.9. The summed E-state index contributed by atoms with van der Waals surface area (Å²) in [5.74, 6) is -1.85. The quantitative estimate of drug-likeness (QED) is 0.125. The van der Waals surface area contributed by atoms with Crippen LogP contribution in [0.4, 0.5) is 28.9 Å². The summed E-state index contributed by atoms with van der Waals surface area (Å²) in [5, 5.41) is 4.32. The lowest BCUT2D eigenvalue weighted by atomic mass is 9.73. The second-order valence-corrected chi connectivity index (χ2v) is 14.3. The van der Waals surface area contributed by atoms with Gasteiger partial charge in [0, 0.05) is 41.6 Å². The lowest BCUT2D eigenvalue weighted by Gasteiger charge is -2.29. The van der Waals surface area contributed by atoms with Crippen LogP contribution in [0.5, 0.6) is 0 Å². The molecule has 51 heavy (non-hydrogen) atoms. The minimum Gasteiger partial charge on any atom is -0.347 e. The molecule has 0 radical (unpaired) electrons. The van der Waals surface area contributed by atoms with Gasteiger partial charge in [-0.15, -0.1) is 0 Å². The molecule has 2 unspecified atom stereocenters. The Kier molecular flexibility index (Phi) is 7.75. The average molecular weight is 682 g/mol. The fourth-order valence-corrected chi connectivity index (χ4v) is 8.48. The van der Waals surface area contributed by atoms with Crippen molar-refractivity contribution in [2.75, 3.05) is 19.0 Å². The Bertz CT molecular complexity index is 2500. The van der Waals surface area contributed by atoms with Gasteiger partial charge in [-0.2, -0.15) is 4.58 Å². The Morgan fingerprint density at radius 2 is 1.14 bits per heavy atom. The Balaban J connectivity index is 1.27. The molecule has 0 saturated heterocycles. The minimum absolute atomic E-state index is 0.247. The van der Waals surface area contributed by atoms with Gasteiger partial charge in [0.25, 0.3) is 0 Å². The molecule has 6 heteroatoms. The van der Waals surface area contributed by atoms with Gasteiger partial charge in [0.15, 0.2) is 5.71 Å². The normalized spacial score (nSPS) is 20.7. The molecular formula is C45H37F4N2+. The molecule has 0 N–H and O–H groups in total. The van der Waals surface area contributed by atoms with E-state index in [1.165, 1.54) is 24.3 Å². The summed E-state index contributed by atoms with van der Waals surface area (Å²) in [6.45, 7) is 4.17. The highest BCUT2D eigenvalue weighted by atomic mass is 19.1. The Morgan fingerprint density at radius 1 is 0.627 bits per heavy atom. The predicted octanol–water partition coefficient (Wildman–Crippen LogP) is 10.9. The van der Waals surface area contributed by atoms with Crippen molar-refractivity contribution >= 4 is 38.6 Å². The van der Waals surface area contributed by atoms with Gasteiger partial charge in [-0.05, 0) is 126 Å². The maximum Gasteiger partial charge on any atom is 0.210 e. The van der Waals surface area contributed by atoms with E-state index in [1.54, 1.807) is 0 Å². The molecule has 0 aromatic heterocycles. The predicted molar refractivity (Wildman–Crippen MR) is 199 cm³/mol. The monoisotopic (exact) mass is 681 g/mol. The molecule has 6 aromatic rings. The Hall–Kier alpha value is -5.49. The first-order valence-corrected chi connectivity index (χ1v) is 17.1. The standard InChI is InChI=1S/C45H37F4N2/c1-44(26-32-20-34(46)16-18-38(32)48)36-22-28-10-5-7-12-30(28)24-40(36)50(3)42(44)14-9-15-43-45(2,27-33-21-35(47)17-19-39(33)49)37-23-29-11-6-8-13-31(29)25-41(37)51(43)4/h5-25H,26-27H2,1-4H3/q+1. The van der Waals surface area contributed by atoms with E-state index in [4.69, 9.17) is 0 Å². The fourth-order valence-electron chi connectivity index (χ4n) is 8.48. The molecule has 2 aliphatic rings. The number of likely N-dealkylation sites (N-methyl/N-ethyl adjacent to an activating group) is 1. The van der Waals surface area contributed by atoms with Crippen molar-refractivity contribution in [1.82, 2.24) is 0 Å². The van der Waals surface area contributed by atoms with Crippen molar-refractivity contribution in [3.05, 3.63) is 179 Å². The van der Waals surface area contributed by atoms with Gasteiger partial charge < -0.3 is 4.90 Å². The second-order valence-electron chi connectivity index (χ2n) is 14.3. The highest BCUT2D eigenvalue weighted by Gasteiger charge is 2.48. The van der Waals surface area contributed by atoms with E-state index in [-0.39, 0.29) is 12.8 Å². The third-order valence-electron chi connectivity index (χ3n) is 11.1. The zero-order valence-electron chi connectivity index (χ0n) is 28.9. The van der Waals surface area contributed by atoms with Crippen molar-refractivity contribution in [3.63, 3.8) is 0 Å². The largest absolute Gasteiger partial charge is 0.347 e. The molecule has 0 amide bonds. The molecule has 254 valence electrons. The summed E-state index contributed by atoms with van der Waals surface area (Å²) in [6, 6.07) is 32.2. The van der Waals surface area contributed by atoms with Crippen LogP contribution in [0.2, 0.25) is 0 Å². The van der Waals surface area contributed by atoms with E-state index in [9.17, 15) is 8.78 Å². The van der Waals surface area contributed by atoms with Crippen LogP contribution < -0.4 is 4.90 Å². The number of rotatable bonds is 6. The molecule has 8 rings (SSSR count). The van der Waals surface area contributed by atoms with Crippen LogP contribution in [0.3, 0.4) is 0 Å². The number of hydrogen-bond acceptors (Lipinski definition) is 1. The van der Waals surface area contributed by atoms with Crippen LogP contribution in [0.25, 0.3) is 21.5 Å². The van der Waals surface area contributed by atoms with Crippen LogP contribution >= 0.6 is 0 Å². The molecule has 2 aliphatic heterocycles. The zero-order chi connectivity index (χ0) is 35.7. The smallest absolute Gasteiger partial charge is 0.210 e. The van der Waals surface area contributed by atoms with Gasteiger partial charge in [0.1, 0.15) is 30.3 Å². The fraction of sp³-hybridized carbons (Fsp3) is 0.178. The van der Waals surface area contributed by atoms with Crippen molar-refractivity contribution < 1.29 is 22.1 Å². The maximum atomic E-state index is 15.2. The van der Waals surface area contributed by atoms with Crippen LogP contribution in [0, 0.1) is 23.3 Å². The second kappa shape index (κ2) is 12.1. The molecule has 0 bridgehead atoms. The summed E-state index contributed by atoms with van der Waals surface area (Å²) in [6.07, 6.45) is 6.58. The van der Waals surface area contributed by atoms with Crippen molar-refractivity contribution in [2.24, 2.45) is 0 Å². The van der Waals surface area contributed by atoms with Crippen molar-refractivity contribution in [2.45, 2.75) is 37.5 Å². The molecule has 2 atom stereocenters. The first-order valence-electron chi connectivity index (χ1n) is 17.1. The van der Waals surface area contributed by atoms with E-state index < -0.39 is 34.1 Å². The maximum absolute atomic E-state index is 15.2. The lowest BCUT2D eigenvalue weighted by molar-refractivity contribution is -0.401. The lowest BCUT2D eigenvalue weighted by Crippen LogP contribution is -2.33. The molecule has 0 saturated carbocycles. The van der Waals surface area contributed by atoms with Gasteiger partial charge >= 0.3 is 0 Å². The van der Waals surface area contributed by atoms with Gasteiger partial charge in [-0.1, -0.05) is 54.6 Å². The third kappa shape index (κ3) is 5.36. The molecule has 2 nitrogen and oxygen atoms in total. The topological polar surface area (TPSA) is 6.25 Å². The van der Waals surface area contributed by atoms with Gasteiger partial charge in [0.05, 0.1) is 5.41 Å². The van der Waals surface area contributed by atoms with E-state index >= 15 is 8.78 Å². The molecule has 0 aliphatic carbocycles. The molecule has 6 aromatic carbocycles. The number of hydrogen-bond donors (Lipinski definition) is 0. The van der Waals surface area contributed by atoms with Crippen LogP contribution in [0.1, 0.15) is 36.1 Å². The first-order chi connectivity index (χ1) is 24.5. The number of nitrogens with zero attached hydrogens (tertiary/aromatic N) is 2. The number of benzene rings is 6. The Morgan fingerprint density at radius 3 is 1.73 bits per heavy atom. The summed E-state index contributed by atoms with van der Waals surface area (Å²) in [4.78, 5) is 2.13. The molecule has 0 spiro atoms. The number of halogens is 4. The summed E-state index contributed by atoms with van der Waals surface area (Å²) in [7, 11) is 4.01. The van der Waals surface area contributed by atoms with E-state index in [0.29, 0.717) is 11.1 Å². The number of anilines is 1. The van der Waals surface area contributed by atoms with Gasteiger partial charge in [-0.3, -0.25) is 0 Å². The molecular weight excluding hydrogens is 645 g/mol. The van der Waals surface area contributed by atoms with Crippen molar-refractivity contribution in [3.8, 4) is 0 Å². The molecule has 0 fully saturated rings. The highest BCUT2D eigenvalue weighted by molar-refractivity contribution is 6.05. The summed E-state index contributed by atoms with van der Waals surface area (Å²) in [5.41, 5.74) is 5.13. The van der Waals surface area contributed by atoms with E-state index in [0.717, 1.165) is 67.6 Å². The first kappa shape index (κ1) is 32.7. The summed E-state index contributed by atoms with van der Waals surface area (Å²) < 4.78 is 61.5. The summed E-state index contributed by atoms with van der Waals surface area (Å²) >= 11 is 0. The Labute approximate surface area is 295 Å².